The van der Waals surface area contributed by atoms with Gasteiger partial charge in [-0.25, -0.2) is 4.98 Å². The summed E-state index contributed by atoms with van der Waals surface area (Å²) < 4.78 is 6.81. The first-order chi connectivity index (χ1) is 15.3. The van der Waals surface area contributed by atoms with Gasteiger partial charge in [0.1, 0.15) is 0 Å². The summed E-state index contributed by atoms with van der Waals surface area (Å²) >= 11 is 0. The molecule has 0 unspecified atom stereocenters. The summed E-state index contributed by atoms with van der Waals surface area (Å²) in [6.07, 6.45) is 3.35. The summed E-state index contributed by atoms with van der Waals surface area (Å²) in [5.74, 6) is -0.262. The van der Waals surface area contributed by atoms with E-state index in [1.165, 1.54) is 4.90 Å². The first kappa shape index (κ1) is 22.2. The molecule has 2 aromatic rings. The Kier molecular flexibility index (Phi) is 6.17. The molecule has 0 aromatic carbocycles. The Hall–Kier alpha value is -2.97. The smallest absolute Gasteiger partial charge is 0.309 e. The van der Waals surface area contributed by atoms with E-state index in [-0.39, 0.29) is 30.2 Å². The lowest BCUT2D eigenvalue weighted by Crippen LogP contribution is -2.45. The van der Waals surface area contributed by atoms with Crippen molar-refractivity contribution in [3.05, 3.63) is 23.0 Å². The molecule has 32 heavy (non-hydrogen) atoms. The number of pyridine rings is 1. The lowest BCUT2D eigenvalue weighted by molar-refractivity contribution is -0.151. The highest BCUT2D eigenvalue weighted by molar-refractivity contribution is 6.07. The van der Waals surface area contributed by atoms with Gasteiger partial charge in [-0.2, -0.15) is 5.10 Å². The van der Waals surface area contributed by atoms with Crippen molar-refractivity contribution in [1.29, 1.82) is 0 Å². The number of nitrogens with zero attached hydrogens (tertiary/aromatic N) is 5. The van der Waals surface area contributed by atoms with Gasteiger partial charge in [-0.05, 0) is 45.6 Å². The van der Waals surface area contributed by atoms with Crippen LogP contribution in [0.3, 0.4) is 0 Å². The summed E-state index contributed by atoms with van der Waals surface area (Å²) in [6.45, 7) is 5.02. The van der Waals surface area contributed by atoms with Gasteiger partial charge in [0, 0.05) is 38.8 Å². The van der Waals surface area contributed by atoms with Crippen LogP contribution in [0.25, 0.3) is 11.0 Å². The highest BCUT2D eigenvalue weighted by Crippen LogP contribution is 2.40. The molecule has 0 radical (unpaired) electrons. The number of likely N-dealkylation sites (tertiary alicyclic amines) is 1. The first-order valence-corrected chi connectivity index (χ1v) is 11.3. The Balaban J connectivity index is 1.46. The van der Waals surface area contributed by atoms with Gasteiger partial charge in [0.25, 0.3) is 5.91 Å². The van der Waals surface area contributed by atoms with E-state index >= 15 is 0 Å². The van der Waals surface area contributed by atoms with Crippen molar-refractivity contribution in [2.45, 2.75) is 45.4 Å². The maximum atomic E-state index is 13.4. The Morgan fingerprint density at radius 3 is 2.50 bits per heavy atom. The fraction of sp³-hybridized carbons (Fsp3) is 0.609. The molecular weight excluding hydrogens is 410 g/mol. The second-order valence-electron chi connectivity index (χ2n) is 8.84. The number of ether oxygens (including phenoxy) is 1. The van der Waals surface area contributed by atoms with Crippen LogP contribution in [0.4, 0.5) is 0 Å². The highest BCUT2D eigenvalue weighted by Gasteiger charge is 2.31. The average Bonchev–Trinajstić information content (AvgIpc) is 3.59. The van der Waals surface area contributed by atoms with Crippen molar-refractivity contribution in [2.24, 2.45) is 13.0 Å². The topological polar surface area (TPSA) is 97.6 Å². The van der Waals surface area contributed by atoms with Crippen LogP contribution >= 0.6 is 0 Å². The molecule has 0 spiro atoms. The monoisotopic (exact) mass is 441 g/mol. The number of hydrogen-bond donors (Lipinski definition) is 0. The predicted molar refractivity (Wildman–Crippen MR) is 118 cm³/mol. The van der Waals surface area contributed by atoms with Gasteiger partial charge in [-0.1, -0.05) is 0 Å². The van der Waals surface area contributed by atoms with E-state index in [0.717, 1.165) is 29.6 Å². The fourth-order valence-corrected chi connectivity index (χ4v) is 4.43. The summed E-state index contributed by atoms with van der Waals surface area (Å²) in [5.41, 5.74) is 2.93. The number of piperidine rings is 1. The molecular formula is C23H31N5O4. The number of rotatable bonds is 6. The fourth-order valence-electron chi connectivity index (χ4n) is 4.43. The third-order valence-corrected chi connectivity index (χ3v) is 6.40. The summed E-state index contributed by atoms with van der Waals surface area (Å²) in [4.78, 5) is 46.1. The third kappa shape index (κ3) is 4.33. The van der Waals surface area contributed by atoms with Gasteiger partial charge in [0.2, 0.25) is 5.91 Å². The summed E-state index contributed by atoms with van der Waals surface area (Å²) in [5, 5.41) is 5.20. The number of fused-ring (bicyclic) bond motifs is 1. The maximum absolute atomic E-state index is 13.4. The van der Waals surface area contributed by atoms with Crippen molar-refractivity contribution < 1.29 is 19.1 Å². The minimum Gasteiger partial charge on any atom is -0.466 e. The van der Waals surface area contributed by atoms with Crippen LogP contribution in [0.2, 0.25) is 0 Å². The average molecular weight is 442 g/mol. The molecule has 2 fully saturated rings. The molecule has 0 bridgehead atoms. The number of aryl methyl sites for hydroxylation is 2. The molecule has 172 valence electrons. The zero-order chi connectivity index (χ0) is 23.0. The van der Waals surface area contributed by atoms with Gasteiger partial charge in [0.05, 0.1) is 35.7 Å². The quantitative estimate of drug-likeness (QED) is 0.636. The standard InChI is InChI=1S/C23H31N5O4/c1-5-32-23(31)16-8-10-28(11-9-16)19(29)13-26(3)22(30)17-12-18(15-6-7-15)24-21-20(17)14(2)25-27(21)4/h12,15-16H,5-11,13H2,1-4H3. The molecule has 1 aliphatic carbocycles. The normalized spacial score (nSPS) is 16.9. The van der Waals surface area contributed by atoms with Crippen LogP contribution < -0.4 is 0 Å². The number of likely N-dealkylation sites (N-methyl/N-ethyl adjacent to an activating group) is 1. The SMILES string of the molecule is CCOC(=O)C1CCN(C(=O)CN(C)C(=O)c2cc(C3CC3)nc3c2c(C)nn3C)CC1. The van der Waals surface area contributed by atoms with E-state index in [2.05, 4.69) is 5.10 Å². The van der Waals surface area contributed by atoms with Gasteiger partial charge in [0.15, 0.2) is 5.65 Å². The van der Waals surface area contributed by atoms with Crippen LogP contribution in [0, 0.1) is 12.8 Å². The minimum absolute atomic E-state index is 0.00913. The molecule has 1 saturated heterocycles. The third-order valence-electron chi connectivity index (χ3n) is 6.40. The maximum Gasteiger partial charge on any atom is 0.309 e. The van der Waals surface area contributed by atoms with E-state index in [1.54, 1.807) is 23.6 Å². The van der Waals surface area contributed by atoms with E-state index in [9.17, 15) is 14.4 Å². The summed E-state index contributed by atoms with van der Waals surface area (Å²) in [6, 6.07) is 1.88. The molecule has 9 nitrogen and oxygen atoms in total. The van der Waals surface area contributed by atoms with Crippen LogP contribution in [-0.4, -0.2) is 75.6 Å². The van der Waals surface area contributed by atoms with Crippen LogP contribution in [-0.2, 0) is 21.4 Å². The van der Waals surface area contributed by atoms with E-state index in [0.29, 0.717) is 49.7 Å². The zero-order valence-electron chi connectivity index (χ0n) is 19.3. The van der Waals surface area contributed by atoms with Crippen molar-refractivity contribution in [3.63, 3.8) is 0 Å². The molecule has 2 amide bonds. The van der Waals surface area contributed by atoms with Crippen LogP contribution in [0.15, 0.2) is 6.07 Å². The molecule has 0 atom stereocenters. The van der Waals surface area contributed by atoms with Crippen molar-refractivity contribution in [1.82, 2.24) is 24.6 Å². The molecule has 3 heterocycles. The second kappa shape index (κ2) is 8.88. The number of hydrogen-bond acceptors (Lipinski definition) is 6. The largest absolute Gasteiger partial charge is 0.466 e. The highest BCUT2D eigenvalue weighted by atomic mass is 16.5. The van der Waals surface area contributed by atoms with E-state index in [4.69, 9.17) is 9.72 Å². The molecule has 2 aliphatic rings. The number of amides is 2. The predicted octanol–water partition coefficient (Wildman–Crippen LogP) is 2.03. The number of aromatic nitrogens is 3. The number of carbonyl (C=O) groups excluding carboxylic acids is 3. The van der Waals surface area contributed by atoms with Crippen molar-refractivity contribution >= 4 is 28.8 Å². The molecule has 9 heteroatoms. The molecule has 1 saturated carbocycles. The van der Waals surface area contributed by atoms with Gasteiger partial charge >= 0.3 is 5.97 Å². The Bertz CT molecular complexity index is 1050. The molecule has 0 N–H and O–H groups in total. The van der Waals surface area contributed by atoms with E-state index < -0.39 is 0 Å². The van der Waals surface area contributed by atoms with Gasteiger partial charge in [-0.3, -0.25) is 19.1 Å². The lowest BCUT2D eigenvalue weighted by Gasteiger charge is -2.32. The minimum atomic E-state index is -0.204. The number of esters is 1. The van der Waals surface area contributed by atoms with Crippen molar-refractivity contribution in [2.75, 3.05) is 33.3 Å². The van der Waals surface area contributed by atoms with Crippen LogP contribution in [0.1, 0.15) is 60.3 Å². The van der Waals surface area contributed by atoms with Crippen molar-refractivity contribution in [3.8, 4) is 0 Å². The Morgan fingerprint density at radius 2 is 1.88 bits per heavy atom. The summed E-state index contributed by atoms with van der Waals surface area (Å²) in [7, 11) is 3.49. The Labute approximate surface area is 187 Å². The number of carbonyl (C=O) groups is 3. The molecule has 1 aliphatic heterocycles. The molecule has 2 aromatic heterocycles. The Morgan fingerprint density at radius 1 is 1.19 bits per heavy atom. The first-order valence-electron chi connectivity index (χ1n) is 11.3. The second-order valence-corrected chi connectivity index (χ2v) is 8.84. The van der Waals surface area contributed by atoms with Gasteiger partial charge < -0.3 is 14.5 Å². The van der Waals surface area contributed by atoms with Gasteiger partial charge in [-0.15, -0.1) is 0 Å². The van der Waals surface area contributed by atoms with E-state index in [1.807, 2.05) is 20.0 Å². The zero-order valence-corrected chi connectivity index (χ0v) is 19.3. The molecule has 4 rings (SSSR count). The lowest BCUT2D eigenvalue weighted by atomic mass is 9.97. The van der Waals surface area contributed by atoms with Crippen LogP contribution in [0.5, 0.6) is 0 Å².